The largest absolute Gasteiger partial charge is 0.508 e. The Bertz CT molecular complexity index is 338. The highest BCUT2D eigenvalue weighted by Gasteiger charge is 2.39. The smallest absolute Gasteiger partial charge is 0.407 e. The minimum absolute atomic E-state index is 0.319. The molecule has 0 bridgehead atoms. The third kappa shape index (κ3) is 2.08. The molecule has 0 aliphatic carbocycles. The number of phenols is 2. The van der Waals surface area contributed by atoms with Crippen LogP contribution < -0.4 is 5.73 Å². The highest BCUT2D eigenvalue weighted by molar-refractivity contribution is 5.41. The van der Waals surface area contributed by atoms with Gasteiger partial charge >= 0.3 is 6.18 Å². The van der Waals surface area contributed by atoms with Crippen molar-refractivity contribution in [1.82, 2.24) is 0 Å². The zero-order chi connectivity index (χ0) is 10.9. The summed E-state index contributed by atoms with van der Waals surface area (Å²) < 4.78 is 36.4. The van der Waals surface area contributed by atoms with Crippen molar-refractivity contribution < 1.29 is 23.4 Å². The summed E-state index contributed by atoms with van der Waals surface area (Å²) in [5.41, 5.74) is 4.39. The van der Waals surface area contributed by atoms with Gasteiger partial charge in [0.1, 0.15) is 17.5 Å². The van der Waals surface area contributed by atoms with Gasteiger partial charge in [-0.3, -0.25) is 0 Å². The Morgan fingerprint density at radius 3 is 2.21 bits per heavy atom. The number of halogens is 3. The lowest BCUT2D eigenvalue weighted by Gasteiger charge is -2.16. The molecule has 0 spiro atoms. The third-order valence-corrected chi connectivity index (χ3v) is 1.70. The van der Waals surface area contributed by atoms with E-state index < -0.39 is 23.5 Å². The molecule has 1 aromatic rings. The second-order valence-corrected chi connectivity index (χ2v) is 2.76. The number of rotatable bonds is 1. The lowest BCUT2D eigenvalue weighted by molar-refractivity contribution is -0.149. The van der Waals surface area contributed by atoms with E-state index in [0.717, 1.165) is 18.2 Å². The molecule has 0 heterocycles. The van der Waals surface area contributed by atoms with Crippen molar-refractivity contribution in [3.63, 3.8) is 0 Å². The SMILES string of the molecule is NC(c1ccc(O)cc1O)C(F)(F)F. The van der Waals surface area contributed by atoms with Crippen LogP contribution in [0.3, 0.4) is 0 Å². The Balaban J connectivity index is 3.08. The van der Waals surface area contributed by atoms with Gasteiger partial charge in [0.25, 0.3) is 0 Å². The van der Waals surface area contributed by atoms with Gasteiger partial charge in [0.05, 0.1) is 0 Å². The first-order chi connectivity index (χ1) is 6.32. The van der Waals surface area contributed by atoms with E-state index in [2.05, 4.69) is 0 Å². The number of alkyl halides is 3. The summed E-state index contributed by atoms with van der Waals surface area (Å²) >= 11 is 0. The number of benzene rings is 1. The van der Waals surface area contributed by atoms with E-state index in [9.17, 15) is 13.2 Å². The predicted octanol–water partition coefficient (Wildman–Crippen LogP) is 1.66. The Hall–Kier alpha value is -1.43. The van der Waals surface area contributed by atoms with E-state index >= 15 is 0 Å². The van der Waals surface area contributed by atoms with Crippen LogP contribution in [0.4, 0.5) is 13.2 Å². The van der Waals surface area contributed by atoms with E-state index in [-0.39, 0.29) is 5.75 Å². The van der Waals surface area contributed by atoms with Gasteiger partial charge in [0, 0.05) is 11.6 Å². The maximum Gasteiger partial charge on any atom is 0.407 e. The van der Waals surface area contributed by atoms with Crippen molar-refractivity contribution in [1.29, 1.82) is 0 Å². The normalized spacial score (nSPS) is 14.0. The molecule has 0 saturated carbocycles. The molecule has 3 nitrogen and oxygen atoms in total. The van der Waals surface area contributed by atoms with Gasteiger partial charge in [-0.2, -0.15) is 13.2 Å². The van der Waals surface area contributed by atoms with Crippen LogP contribution in [0.2, 0.25) is 0 Å². The molecule has 0 radical (unpaired) electrons. The van der Waals surface area contributed by atoms with Gasteiger partial charge in [0.2, 0.25) is 0 Å². The number of phenolic OH excluding ortho intramolecular Hbond substituents is 2. The zero-order valence-electron chi connectivity index (χ0n) is 6.92. The van der Waals surface area contributed by atoms with Crippen LogP contribution in [0.1, 0.15) is 11.6 Å². The van der Waals surface area contributed by atoms with Crippen LogP contribution in [0, 0.1) is 0 Å². The molecule has 0 aliphatic heterocycles. The standard InChI is InChI=1S/C8H8F3NO2/c9-8(10,11)7(12)5-2-1-4(13)3-6(5)14/h1-3,7,13-14H,12H2. The minimum Gasteiger partial charge on any atom is -0.508 e. The molecule has 0 saturated heterocycles. The van der Waals surface area contributed by atoms with E-state index in [1.54, 1.807) is 0 Å². The van der Waals surface area contributed by atoms with Gasteiger partial charge in [-0.15, -0.1) is 0 Å². The average Bonchev–Trinajstić information content (AvgIpc) is 2.01. The Morgan fingerprint density at radius 1 is 1.21 bits per heavy atom. The monoisotopic (exact) mass is 207 g/mol. The van der Waals surface area contributed by atoms with Crippen LogP contribution in [0.25, 0.3) is 0 Å². The number of aromatic hydroxyl groups is 2. The molecular formula is C8H8F3NO2. The summed E-state index contributed by atoms with van der Waals surface area (Å²) in [5, 5.41) is 17.9. The lowest BCUT2D eigenvalue weighted by Crippen LogP contribution is -2.28. The molecule has 1 unspecified atom stereocenters. The van der Waals surface area contributed by atoms with Crippen molar-refractivity contribution in [3.8, 4) is 11.5 Å². The van der Waals surface area contributed by atoms with Gasteiger partial charge in [0.15, 0.2) is 0 Å². The molecule has 0 aliphatic rings. The lowest BCUT2D eigenvalue weighted by atomic mass is 10.1. The summed E-state index contributed by atoms with van der Waals surface area (Å²) in [6, 6.07) is 0.521. The first kappa shape index (κ1) is 10.6. The van der Waals surface area contributed by atoms with Gasteiger partial charge in [-0.05, 0) is 12.1 Å². The molecule has 1 rings (SSSR count). The van der Waals surface area contributed by atoms with Crippen molar-refractivity contribution in [2.24, 2.45) is 5.73 Å². The number of nitrogens with two attached hydrogens (primary N) is 1. The molecule has 6 heteroatoms. The fourth-order valence-electron chi connectivity index (χ4n) is 0.971. The molecule has 14 heavy (non-hydrogen) atoms. The molecule has 0 aromatic heterocycles. The first-order valence-corrected chi connectivity index (χ1v) is 3.66. The van der Waals surface area contributed by atoms with Crippen LogP contribution in [-0.2, 0) is 0 Å². The highest BCUT2D eigenvalue weighted by atomic mass is 19.4. The van der Waals surface area contributed by atoms with Gasteiger partial charge in [-0.1, -0.05) is 0 Å². The van der Waals surface area contributed by atoms with Crippen LogP contribution in [-0.4, -0.2) is 16.4 Å². The molecule has 4 N–H and O–H groups in total. The van der Waals surface area contributed by atoms with Gasteiger partial charge in [-0.25, -0.2) is 0 Å². The Kier molecular flexibility index (Phi) is 2.57. The molecular weight excluding hydrogens is 199 g/mol. The first-order valence-electron chi connectivity index (χ1n) is 3.66. The number of hydrogen-bond donors (Lipinski definition) is 3. The summed E-state index contributed by atoms with van der Waals surface area (Å²) in [6.45, 7) is 0. The highest BCUT2D eigenvalue weighted by Crippen LogP contribution is 2.36. The fraction of sp³-hybridized carbons (Fsp3) is 0.250. The second-order valence-electron chi connectivity index (χ2n) is 2.76. The maximum absolute atomic E-state index is 12.1. The summed E-state index contributed by atoms with van der Waals surface area (Å²) in [4.78, 5) is 0. The summed E-state index contributed by atoms with van der Waals surface area (Å²) in [5.74, 6) is -0.990. The Morgan fingerprint density at radius 2 is 1.79 bits per heavy atom. The predicted molar refractivity (Wildman–Crippen MR) is 42.8 cm³/mol. The zero-order valence-corrected chi connectivity index (χ0v) is 6.92. The summed E-state index contributed by atoms with van der Waals surface area (Å²) in [6.07, 6.45) is -4.62. The number of hydrogen-bond acceptors (Lipinski definition) is 3. The van der Waals surface area contributed by atoms with E-state index in [1.165, 1.54) is 0 Å². The Labute approximate surface area is 77.6 Å². The van der Waals surface area contributed by atoms with Crippen LogP contribution >= 0.6 is 0 Å². The molecule has 0 fully saturated rings. The van der Waals surface area contributed by atoms with Crippen molar-refractivity contribution >= 4 is 0 Å². The van der Waals surface area contributed by atoms with Crippen LogP contribution in [0.5, 0.6) is 11.5 Å². The van der Waals surface area contributed by atoms with E-state index in [1.807, 2.05) is 0 Å². The fourth-order valence-corrected chi connectivity index (χ4v) is 0.971. The van der Waals surface area contributed by atoms with Crippen molar-refractivity contribution in [2.75, 3.05) is 0 Å². The minimum atomic E-state index is -4.62. The molecule has 78 valence electrons. The van der Waals surface area contributed by atoms with E-state index in [0.29, 0.717) is 0 Å². The maximum atomic E-state index is 12.1. The summed E-state index contributed by atoms with van der Waals surface area (Å²) in [7, 11) is 0. The van der Waals surface area contributed by atoms with E-state index in [4.69, 9.17) is 15.9 Å². The third-order valence-electron chi connectivity index (χ3n) is 1.70. The van der Waals surface area contributed by atoms with Crippen molar-refractivity contribution in [3.05, 3.63) is 23.8 Å². The quantitative estimate of drug-likeness (QED) is 0.656. The van der Waals surface area contributed by atoms with Crippen molar-refractivity contribution in [2.45, 2.75) is 12.2 Å². The molecule has 1 atom stereocenters. The van der Waals surface area contributed by atoms with Crippen LogP contribution in [0.15, 0.2) is 18.2 Å². The topological polar surface area (TPSA) is 66.5 Å². The van der Waals surface area contributed by atoms with Gasteiger partial charge < -0.3 is 15.9 Å². The average molecular weight is 207 g/mol. The molecule has 1 aromatic carbocycles. The molecule has 0 amide bonds. The second kappa shape index (κ2) is 3.38.